The molecule has 2 amide bonds. The third-order valence-corrected chi connectivity index (χ3v) is 4.18. The third kappa shape index (κ3) is 3.95. The first-order chi connectivity index (χ1) is 10.1. The zero-order valence-electron chi connectivity index (χ0n) is 12.4. The van der Waals surface area contributed by atoms with Crippen LogP contribution in [-0.4, -0.2) is 30.1 Å². The Morgan fingerprint density at radius 1 is 1.48 bits per heavy atom. The first kappa shape index (κ1) is 15.3. The van der Waals surface area contributed by atoms with Gasteiger partial charge in [0, 0.05) is 30.2 Å². The van der Waals surface area contributed by atoms with Crippen molar-refractivity contribution in [2.24, 2.45) is 0 Å². The second-order valence-electron chi connectivity index (χ2n) is 4.71. The predicted molar refractivity (Wildman–Crippen MR) is 83.5 cm³/mol. The van der Waals surface area contributed by atoms with Crippen LogP contribution < -0.4 is 10.1 Å². The molecule has 0 aliphatic carbocycles. The summed E-state index contributed by atoms with van der Waals surface area (Å²) in [7, 11) is 3.36. The Hall–Kier alpha value is -2.08. The van der Waals surface area contributed by atoms with Crippen LogP contribution in [0.4, 0.5) is 4.79 Å². The van der Waals surface area contributed by atoms with Crippen molar-refractivity contribution in [2.45, 2.75) is 20.0 Å². The zero-order chi connectivity index (χ0) is 15.2. The summed E-state index contributed by atoms with van der Waals surface area (Å²) in [4.78, 5) is 19.1. The number of nitrogens with zero attached hydrogens (tertiary/aromatic N) is 2. The lowest BCUT2D eigenvalue weighted by atomic mass is 10.2. The molecule has 2 aromatic heterocycles. The van der Waals surface area contributed by atoms with Gasteiger partial charge in [0.2, 0.25) is 5.88 Å². The second kappa shape index (κ2) is 7.08. The quantitative estimate of drug-likeness (QED) is 0.924. The molecular weight excluding hydrogens is 286 g/mol. The van der Waals surface area contributed by atoms with Crippen LogP contribution in [0.25, 0.3) is 0 Å². The molecule has 0 atom stereocenters. The maximum absolute atomic E-state index is 12.1. The number of amides is 2. The molecule has 0 unspecified atom stereocenters. The number of aromatic nitrogens is 1. The highest BCUT2D eigenvalue weighted by atomic mass is 32.1. The molecule has 0 saturated carbocycles. The number of hydrogen-bond acceptors (Lipinski definition) is 4. The Bertz CT molecular complexity index is 612. The molecular formula is C15H19N3O2S. The number of urea groups is 1. The summed E-state index contributed by atoms with van der Waals surface area (Å²) in [5.41, 5.74) is 2.07. The lowest BCUT2D eigenvalue weighted by Gasteiger charge is -2.18. The largest absolute Gasteiger partial charge is 0.481 e. The fourth-order valence-corrected chi connectivity index (χ4v) is 2.86. The summed E-state index contributed by atoms with van der Waals surface area (Å²) in [6, 6.07) is 5.65. The summed E-state index contributed by atoms with van der Waals surface area (Å²) in [5, 5.41) is 4.92. The first-order valence-electron chi connectivity index (χ1n) is 6.61. The van der Waals surface area contributed by atoms with E-state index in [1.165, 1.54) is 10.4 Å². The van der Waals surface area contributed by atoms with Gasteiger partial charge in [-0.1, -0.05) is 6.07 Å². The van der Waals surface area contributed by atoms with E-state index in [4.69, 9.17) is 4.74 Å². The minimum Gasteiger partial charge on any atom is -0.481 e. The fraction of sp³-hybridized carbons (Fsp3) is 0.333. The number of rotatable bonds is 5. The monoisotopic (exact) mass is 305 g/mol. The topological polar surface area (TPSA) is 54.5 Å². The molecule has 0 radical (unpaired) electrons. The van der Waals surface area contributed by atoms with E-state index in [-0.39, 0.29) is 6.03 Å². The van der Waals surface area contributed by atoms with Crippen LogP contribution in [-0.2, 0) is 13.1 Å². The number of thiophene rings is 1. The molecule has 5 nitrogen and oxygen atoms in total. The van der Waals surface area contributed by atoms with Crippen LogP contribution in [0.3, 0.4) is 0 Å². The standard InChI is InChI=1S/C15H19N3O2S/c1-11-6-8-21-13(11)10-18(2)15(19)17-9-12-5-4-7-16-14(12)20-3/h4-8H,9-10H2,1-3H3,(H,17,19). The van der Waals surface area contributed by atoms with Gasteiger partial charge in [0.05, 0.1) is 13.7 Å². The summed E-state index contributed by atoms with van der Waals surface area (Å²) >= 11 is 1.66. The lowest BCUT2D eigenvalue weighted by Crippen LogP contribution is -2.36. The van der Waals surface area contributed by atoms with E-state index in [0.717, 1.165) is 5.56 Å². The fourth-order valence-electron chi connectivity index (χ4n) is 1.90. The Morgan fingerprint density at radius 2 is 2.29 bits per heavy atom. The highest BCUT2D eigenvalue weighted by Crippen LogP contribution is 2.17. The van der Waals surface area contributed by atoms with E-state index < -0.39 is 0 Å². The van der Waals surface area contributed by atoms with Gasteiger partial charge < -0.3 is 15.0 Å². The zero-order valence-corrected chi connectivity index (χ0v) is 13.2. The normalized spacial score (nSPS) is 10.2. The van der Waals surface area contributed by atoms with Crippen LogP contribution in [0.1, 0.15) is 16.0 Å². The minimum atomic E-state index is -0.117. The Morgan fingerprint density at radius 3 is 2.95 bits per heavy atom. The van der Waals surface area contributed by atoms with Gasteiger partial charge in [-0.05, 0) is 30.0 Å². The van der Waals surface area contributed by atoms with Gasteiger partial charge in [-0.25, -0.2) is 9.78 Å². The highest BCUT2D eigenvalue weighted by molar-refractivity contribution is 7.10. The summed E-state index contributed by atoms with van der Waals surface area (Å²) in [6.45, 7) is 3.06. The number of hydrogen-bond donors (Lipinski definition) is 1. The lowest BCUT2D eigenvalue weighted by molar-refractivity contribution is 0.206. The molecule has 0 bridgehead atoms. The van der Waals surface area contributed by atoms with Crippen molar-refractivity contribution in [3.63, 3.8) is 0 Å². The van der Waals surface area contributed by atoms with E-state index in [9.17, 15) is 4.79 Å². The van der Waals surface area contributed by atoms with Crippen molar-refractivity contribution >= 4 is 17.4 Å². The predicted octanol–water partition coefficient (Wildman–Crippen LogP) is 2.80. The van der Waals surface area contributed by atoms with Gasteiger partial charge in [-0.3, -0.25) is 0 Å². The molecule has 112 valence electrons. The molecule has 0 saturated heterocycles. The van der Waals surface area contributed by atoms with Gasteiger partial charge in [0.1, 0.15) is 0 Å². The first-order valence-corrected chi connectivity index (χ1v) is 7.49. The van der Waals surface area contributed by atoms with Gasteiger partial charge in [0.25, 0.3) is 0 Å². The molecule has 0 aliphatic heterocycles. The molecule has 0 spiro atoms. The van der Waals surface area contributed by atoms with Crippen LogP contribution >= 0.6 is 11.3 Å². The number of ether oxygens (including phenoxy) is 1. The van der Waals surface area contributed by atoms with Crippen LogP contribution in [0.2, 0.25) is 0 Å². The number of methoxy groups -OCH3 is 1. The maximum Gasteiger partial charge on any atom is 0.317 e. The molecule has 21 heavy (non-hydrogen) atoms. The van der Waals surface area contributed by atoms with Crippen molar-refractivity contribution < 1.29 is 9.53 Å². The van der Waals surface area contributed by atoms with Crippen molar-refractivity contribution in [3.05, 3.63) is 45.8 Å². The molecule has 2 aromatic rings. The molecule has 2 heterocycles. The van der Waals surface area contributed by atoms with E-state index in [2.05, 4.69) is 23.3 Å². The van der Waals surface area contributed by atoms with Crippen LogP contribution in [0.5, 0.6) is 5.88 Å². The summed E-state index contributed by atoms with van der Waals surface area (Å²) in [5.74, 6) is 0.537. The van der Waals surface area contributed by atoms with Crippen molar-refractivity contribution in [1.29, 1.82) is 0 Å². The van der Waals surface area contributed by atoms with Crippen molar-refractivity contribution in [2.75, 3.05) is 14.2 Å². The number of carbonyl (C=O) groups excluding carboxylic acids is 1. The number of carbonyl (C=O) groups is 1. The Labute approximate surface area is 128 Å². The maximum atomic E-state index is 12.1. The average Bonchev–Trinajstić information content (AvgIpc) is 2.90. The Kier molecular flexibility index (Phi) is 5.16. The Balaban J connectivity index is 1.91. The molecule has 2 rings (SSSR count). The van der Waals surface area contributed by atoms with Crippen LogP contribution in [0.15, 0.2) is 29.8 Å². The molecule has 0 fully saturated rings. The molecule has 0 aromatic carbocycles. The highest BCUT2D eigenvalue weighted by Gasteiger charge is 2.12. The smallest absolute Gasteiger partial charge is 0.317 e. The van der Waals surface area contributed by atoms with E-state index >= 15 is 0 Å². The van der Waals surface area contributed by atoms with E-state index in [1.54, 1.807) is 36.6 Å². The van der Waals surface area contributed by atoms with Gasteiger partial charge in [-0.15, -0.1) is 11.3 Å². The van der Waals surface area contributed by atoms with Crippen molar-refractivity contribution in [3.8, 4) is 5.88 Å². The number of aryl methyl sites for hydroxylation is 1. The molecule has 1 N–H and O–H groups in total. The van der Waals surface area contributed by atoms with Gasteiger partial charge in [-0.2, -0.15) is 0 Å². The summed E-state index contributed by atoms with van der Waals surface area (Å²) < 4.78 is 5.16. The van der Waals surface area contributed by atoms with Gasteiger partial charge >= 0.3 is 6.03 Å². The minimum absolute atomic E-state index is 0.117. The number of pyridine rings is 1. The SMILES string of the molecule is COc1ncccc1CNC(=O)N(C)Cc1sccc1C. The number of nitrogens with one attached hydrogen (secondary N) is 1. The van der Waals surface area contributed by atoms with Gasteiger partial charge in [0.15, 0.2) is 0 Å². The van der Waals surface area contributed by atoms with E-state index in [1.807, 2.05) is 17.5 Å². The van der Waals surface area contributed by atoms with E-state index in [0.29, 0.717) is 19.0 Å². The molecule has 6 heteroatoms. The average molecular weight is 305 g/mol. The van der Waals surface area contributed by atoms with Crippen LogP contribution in [0, 0.1) is 6.92 Å². The second-order valence-corrected chi connectivity index (χ2v) is 5.71. The summed E-state index contributed by atoms with van der Waals surface area (Å²) in [6.07, 6.45) is 1.66. The van der Waals surface area contributed by atoms with Crippen molar-refractivity contribution in [1.82, 2.24) is 15.2 Å². The third-order valence-electron chi connectivity index (χ3n) is 3.17. The molecule has 0 aliphatic rings.